The van der Waals surface area contributed by atoms with Gasteiger partial charge in [-0.05, 0) is 13.3 Å². The zero-order valence-corrected chi connectivity index (χ0v) is 14.5. The zero-order valence-electron chi connectivity index (χ0n) is 12.8. The second-order valence-electron chi connectivity index (χ2n) is 4.64. The Morgan fingerprint density at radius 2 is 2.14 bits per heavy atom. The number of aromatic nitrogens is 1. The molecule has 0 radical (unpaired) electrons. The minimum absolute atomic E-state index is 0.0654. The molecule has 0 unspecified atom stereocenters. The summed E-state index contributed by atoms with van der Waals surface area (Å²) in [7, 11) is -2.97. The maximum absolute atomic E-state index is 11.1. The van der Waals surface area contributed by atoms with E-state index < -0.39 is 9.84 Å². The summed E-state index contributed by atoms with van der Waals surface area (Å²) < 4.78 is 22.2. The molecular formula is C13H24N4O2S2. The van der Waals surface area contributed by atoms with Crippen LogP contribution >= 0.6 is 11.3 Å². The first-order valence-corrected chi connectivity index (χ1v) is 9.95. The molecule has 0 fully saturated rings. The predicted octanol–water partition coefficient (Wildman–Crippen LogP) is 0.848. The minimum Gasteiger partial charge on any atom is -0.357 e. The summed E-state index contributed by atoms with van der Waals surface area (Å²) in [6.45, 7) is 5.82. The summed E-state index contributed by atoms with van der Waals surface area (Å²) in [6.07, 6.45) is 4.99. The highest BCUT2D eigenvalue weighted by Gasteiger charge is 2.03. The monoisotopic (exact) mass is 332 g/mol. The van der Waals surface area contributed by atoms with Crippen molar-refractivity contribution in [3.63, 3.8) is 0 Å². The standard InChI is InChI=1S/C13H24N4O2S2/c1-4-11-10-17-12(20-11)6-7-15-13(14-5-2)16-8-9-21(3,18)19/h10H,4-9H2,1-3H3,(H2,14,15,16). The van der Waals surface area contributed by atoms with Crippen LogP contribution in [-0.2, 0) is 22.7 Å². The van der Waals surface area contributed by atoms with Gasteiger partial charge in [0.25, 0.3) is 0 Å². The van der Waals surface area contributed by atoms with Crippen LogP contribution in [-0.4, -0.2) is 51.0 Å². The van der Waals surface area contributed by atoms with Gasteiger partial charge in [-0.25, -0.2) is 13.4 Å². The Balaban J connectivity index is 2.41. The Labute approximate surface area is 131 Å². The van der Waals surface area contributed by atoms with E-state index in [1.54, 1.807) is 11.3 Å². The average Bonchev–Trinajstić information content (AvgIpc) is 2.85. The highest BCUT2D eigenvalue weighted by atomic mass is 32.2. The summed E-state index contributed by atoms with van der Waals surface area (Å²) in [5.74, 6) is 0.712. The van der Waals surface area contributed by atoms with E-state index >= 15 is 0 Å². The van der Waals surface area contributed by atoms with Crippen molar-refractivity contribution in [2.45, 2.75) is 26.7 Å². The van der Waals surface area contributed by atoms with Gasteiger partial charge in [0.15, 0.2) is 5.96 Å². The van der Waals surface area contributed by atoms with Gasteiger partial charge in [0.1, 0.15) is 9.84 Å². The second-order valence-corrected chi connectivity index (χ2v) is 8.10. The largest absolute Gasteiger partial charge is 0.357 e. The van der Waals surface area contributed by atoms with Crippen molar-refractivity contribution in [3.8, 4) is 0 Å². The summed E-state index contributed by atoms with van der Waals surface area (Å²) in [4.78, 5) is 9.90. The fraction of sp³-hybridized carbons (Fsp3) is 0.692. The minimum atomic E-state index is -2.97. The van der Waals surface area contributed by atoms with Crippen LogP contribution in [0.4, 0.5) is 0 Å². The lowest BCUT2D eigenvalue weighted by Gasteiger charge is -2.10. The SMILES string of the molecule is CCNC(=NCCS(C)(=O)=O)NCCc1ncc(CC)s1. The lowest BCUT2D eigenvalue weighted by Crippen LogP contribution is -2.38. The molecule has 120 valence electrons. The molecule has 6 nitrogen and oxygen atoms in total. The normalized spacial score (nSPS) is 12.4. The predicted molar refractivity (Wildman–Crippen MR) is 88.9 cm³/mol. The molecule has 0 aliphatic heterocycles. The van der Waals surface area contributed by atoms with Gasteiger partial charge in [-0.1, -0.05) is 6.92 Å². The molecule has 1 heterocycles. The number of sulfone groups is 1. The van der Waals surface area contributed by atoms with Gasteiger partial charge in [-0.15, -0.1) is 11.3 Å². The molecule has 2 N–H and O–H groups in total. The maximum Gasteiger partial charge on any atom is 0.191 e. The topological polar surface area (TPSA) is 83.5 Å². The first kappa shape index (κ1) is 17.9. The number of guanidine groups is 1. The van der Waals surface area contributed by atoms with Crippen LogP contribution in [0.3, 0.4) is 0 Å². The number of rotatable bonds is 8. The molecule has 8 heteroatoms. The molecule has 0 aromatic carbocycles. The molecule has 0 bridgehead atoms. The third kappa shape index (κ3) is 8.01. The Morgan fingerprint density at radius 1 is 1.38 bits per heavy atom. The van der Waals surface area contributed by atoms with Crippen LogP contribution in [0.15, 0.2) is 11.2 Å². The quantitative estimate of drug-likeness (QED) is 0.545. The number of thiazole rings is 1. The van der Waals surface area contributed by atoms with E-state index in [-0.39, 0.29) is 12.3 Å². The molecule has 1 aromatic rings. The number of aliphatic imine (C=N–C) groups is 1. The van der Waals surface area contributed by atoms with Crippen LogP contribution in [0, 0.1) is 0 Å². The molecule has 0 saturated heterocycles. The van der Waals surface area contributed by atoms with Crippen LogP contribution < -0.4 is 10.6 Å². The fourth-order valence-electron chi connectivity index (χ4n) is 1.58. The van der Waals surface area contributed by atoms with Gasteiger partial charge in [-0.2, -0.15) is 0 Å². The van der Waals surface area contributed by atoms with Crippen molar-refractivity contribution in [1.82, 2.24) is 15.6 Å². The van der Waals surface area contributed by atoms with Crippen molar-refractivity contribution in [1.29, 1.82) is 0 Å². The second kappa shape index (κ2) is 8.99. The van der Waals surface area contributed by atoms with Gasteiger partial charge < -0.3 is 10.6 Å². The van der Waals surface area contributed by atoms with E-state index in [2.05, 4.69) is 27.5 Å². The molecule has 0 spiro atoms. The van der Waals surface area contributed by atoms with Crippen molar-refractivity contribution in [2.75, 3.05) is 31.6 Å². The van der Waals surface area contributed by atoms with E-state index in [0.717, 1.165) is 30.9 Å². The Kier molecular flexibility index (Phi) is 7.66. The average molecular weight is 332 g/mol. The number of hydrogen-bond donors (Lipinski definition) is 2. The Morgan fingerprint density at radius 3 is 2.71 bits per heavy atom. The van der Waals surface area contributed by atoms with Gasteiger partial charge >= 0.3 is 0 Å². The van der Waals surface area contributed by atoms with Crippen molar-refractivity contribution in [2.24, 2.45) is 4.99 Å². The van der Waals surface area contributed by atoms with Crippen LogP contribution in [0.25, 0.3) is 0 Å². The molecule has 1 aromatic heterocycles. The number of aryl methyl sites for hydroxylation is 1. The maximum atomic E-state index is 11.1. The van der Waals surface area contributed by atoms with Gasteiger partial charge in [0, 0.05) is 36.8 Å². The molecular weight excluding hydrogens is 308 g/mol. The highest BCUT2D eigenvalue weighted by Crippen LogP contribution is 2.13. The van der Waals surface area contributed by atoms with Crippen molar-refractivity contribution < 1.29 is 8.42 Å². The van der Waals surface area contributed by atoms with Gasteiger partial charge in [0.2, 0.25) is 0 Å². The number of nitrogens with zero attached hydrogens (tertiary/aromatic N) is 2. The van der Waals surface area contributed by atoms with Gasteiger partial charge in [-0.3, -0.25) is 4.99 Å². The van der Waals surface area contributed by atoms with E-state index in [9.17, 15) is 8.42 Å². The molecule has 0 amide bonds. The van der Waals surface area contributed by atoms with E-state index in [1.165, 1.54) is 11.1 Å². The fourth-order valence-corrected chi connectivity index (χ4v) is 2.86. The third-order valence-electron chi connectivity index (χ3n) is 2.66. The third-order valence-corrected chi connectivity index (χ3v) is 4.78. The van der Waals surface area contributed by atoms with Gasteiger partial charge in [0.05, 0.1) is 17.3 Å². The number of hydrogen-bond acceptors (Lipinski definition) is 5. The molecule has 0 saturated carbocycles. The Hall–Kier alpha value is -1.15. The zero-order chi connectivity index (χ0) is 15.7. The van der Waals surface area contributed by atoms with E-state index in [1.807, 2.05) is 13.1 Å². The first-order valence-electron chi connectivity index (χ1n) is 7.08. The lowest BCUT2D eigenvalue weighted by molar-refractivity contribution is 0.601. The molecule has 0 aliphatic rings. The first-order chi connectivity index (χ1) is 9.94. The van der Waals surface area contributed by atoms with Crippen LogP contribution in [0.1, 0.15) is 23.7 Å². The number of nitrogens with one attached hydrogen (secondary N) is 2. The summed E-state index contributed by atoms with van der Waals surface area (Å²) in [5, 5.41) is 7.40. The smallest absolute Gasteiger partial charge is 0.191 e. The van der Waals surface area contributed by atoms with Crippen LogP contribution in [0.5, 0.6) is 0 Å². The van der Waals surface area contributed by atoms with Crippen molar-refractivity contribution >= 4 is 27.1 Å². The van der Waals surface area contributed by atoms with E-state index in [4.69, 9.17) is 0 Å². The highest BCUT2D eigenvalue weighted by molar-refractivity contribution is 7.90. The van der Waals surface area contributed by atoms with E-state index in [0.29, 0.717) is 5.96 Å². The molecule has 21 heavy (non-hydrogen) atoms. The molecule has 1 rings (SSSR count). The Bertz CT molecular complexity index is 552. The van der Waals surface area contributed by atoms with Crippen molar-refractivity contribution in [3.05, 3.63) is 16.1 Å². The summed E-state index contributed by atoms with van der Waals surface area (Å²) in [5.41, 5.74) is 0. The molecule has 0 aliphatic carbocycles. The van der Waals surface area contributed by atoms with Crippen LogP contribution in [0.2, 0.25) is 0 Å². The molecule has 0 atom stereocenters. The summed E-state index contributed by atoms with van der Waals surface area (Å²) in [6, 6.07) is 0. The lowest BCUT2D eigenvalue weighted by atomic mass is 10.4. The summed E-state index contributed by atoms with van der Waals surface area (Å²) >= 11 is 1.73.